The van der Waals surface area contributed by atoms with Crippen molar-refractivity contribution in [3.8, 4) is 11.4 Å². The van der Waals surface area contributed by atoms with Gasteiger partial charge in [-0.05, 0) is 111 Å². The molecule has 3 N–H and O–H groups in total. The van der Waals surface area contributed by atoms with Crippen molar-refractivity contribution >= 4 is 74.4 Å². The van der Waals surface area contributed by atoms with E-state index >= 15 is 0 Å². The molecule has 164 valence electrons. The fraction of sp³-hybridized carbons (Fsp3) is 0.0500. The molecule has 0 atom stereocenters. The van der Waals surface area contributed by atoms with E-state index < -0.39 is 0 Å². The zero-order chi connectivity index (χ0) is 22.7. The number of aryl methyl sites for hydroxylation is 1. The number of rotatable bonds is 7. The Labute approximate surface area is 210 Å². The number of benzene rings is 3. The second-order valence-electron chi connectivity index (χ2n) is 6.56. The maximum absolute atomic E-state index is 13.7. The Hall–Kier alpha value is -1.98. The average molecular weight is 572 g/mol. The molecule has 1 heterocycles. The first kappa shape index (κ1) is 23.2. The molecule has 0 saturated carbocycles. The fourth-order valence-electron chi connectivity index (χ4n) is 2.71. The number of tetrazole rings is 1. The molecule has 0 aliphatic heterocycles. The van der Waals surface area contributed by atoms with Crippen LogP contribution >= 0.6 is 63.0 Å². The van der Waals surface area contributed by atoms with Crippen LogP contribution in [0.4, 0.5) is 15.8 Å². The van der Waals surface area contributed by atoms with Gasteiger partial charge >= 0.3 is 0 Å². The molecule has 0 bridgehead atoms. The van der Waals surface area contributed by atoms with E-state index in [1.54, 1.807) is 12.1 Å². The maximum Gasteiger partial charge on any atom is 0.180 e. The van der Waals surface area contributed by atoms with Gasteiger partial charge in [0.05, 0.1) is 4.47 Å². The molecule has 0 aliphatic carbocycles. The SMILES string of the molecule is Cc1cc(F)c(Br)cc1NSc1ccc(NSc2cc(Cl)cc(Cl)c2)cc1-c1nnn[nH]1. The third-order valence-corrected chi connectivity index (χ3v) is 6.99. The summed E-state index contributed by atoms with van der Waals surface area (Å²) >= 11 is 18.1. The predicted octanol–water partition coefficient (Wildman–Crippen LogP) is 7.62. The number of nitrogens with one attached hydrogen (secondary N) is 3. The van der Waals surface area contributed by atoms with E-state index in [4.69, 9.17) is 23.2 Å². The van der Waals surface area contributed by atoms with Crippen molar-refractivity contribution < 1.29 is 4.39 Å². The Kier molecular flexibility index (Phi) is 7.47. The Morgan fingerprint density at radius 1 is 1.00 bits per heavy atom. The van der Waals surface area contributed by atoms with Crippen LogP contribution in [0.3, 0.4) is 0 Å². The first-order chi connectivity index (χ1) is 15.4. The summed E-state index contributed by atoms with van der Waals surface area (Å²) in [6, 6.07) is 14.3. The number of anilines is 2. The lowest BCUT2D eigenvalue weighted by atomic mass is 10.2. The highest BCUT2D eigenvalue weighted by Crippen LogP contribution is 2.35. The van der Waals surface area contributed by atoms with E-state index in [1.165, 1.54) is 30.0 Å². The Balaban J connectivity index is 1.56. The minimum atomic E-state index is -0.305. The standard InChI is InChI=1S/C20H14BrCl2FN6S2/c1-10-4-17(24)16(21)9-18(10)28-32-19-3-2-13(8-15(19)20-25-29-30-26-20)27-31-14-6-11(22)5-12(23)7-14/h2-9,27-28H,1H3,(H,25,26,29,30). The molecule has 0 aliphatic rings. The van der Waals surface area contributed by atoms with Gasteiger partial charge in [-0.15, -0.1) is 5.10 Å². The molecule has 0 saturated heterocycles. The second kappa shape index (κ2) is 10.3. The van der Waals surface area contributed by atoms with Crippen molar-refractivity contribution in [2.24, 2.45) is 0 Å². The summed E-state index contributed by atoms with van der Waals surface area (Å²) < 4.78 is 20.7. The number of aromatic nitrogens is 4. The zero-order valence-electron chi connectivity index (χ0n) is 16.3. The van der Waals surface area contributed by atoms with Crippen LogP contribution in [0.15, 0.2) is 62.8 Å². The quantitative estimate of drug-likeness (QED) is 0.197. The number of halogens is 4. The lowest BCUT2D eigenvalue weighted by Gasteiger charge is -2.13. The molecule has 32 heavy (non-hydrogen) atoms. The van der Waals surface area contributed by atoms with Crippen molar-refractivity contribution in [2.75, 3.05) is 9.44 Å². The summed E-state index contributed by atoms with van der Waals surface area (Å²) in [4.78, 5) is 1.76. The maximum atomic E-state index is 13.7. The molecule has 0 fully saturated rings. The highest BCUT2D eigenvalue weighted by Gasteiger charge is 2.13. The minimum absolute atomic E-state index is 0.305. The van der Waals surface area contributed by atoms with Gasteiger partial charge in [0, 0.05) is 36.8 Å². The van der Waals surface area contributed by atoms with Gasteiger partial charge in [0.15, 0.2) is 5.82 Å². The third kappa shape index (κ3) is 5.68. The zero-order valence-corrected chi connectivity index (χ0v) is 21.0. The molecule has 4 aromatic rings. The monoisotopic (exact) mass is 570 g/mol. The molecule has 3 aromatic carbocycles. The largest absolute Gasteiger partial charge is 0.326 e. The normalized spacial score (nSPS) is 10.9. The molecule has 0 unspecified atom stereocenters. The number of aromatic amines is 1. The predicted molar refractivity (Wildman–Crippen MR) is 134 cm³/mol. The van der Waals surface area contributed by atoms with E-state index in [0.717, 1.165) is 32.3 Å². The molecule has 0 amide bonds. The van der Waals surface area contributed by atoms with Crippen LogP contribution in [-0.2, 0) is 0 Å². The summed E-state index contributed by atoms with van der Waals surface area (Å²) in [6.07, 6.45) is 0. The van der Waals surface area contributed by atoms with Crippen molar-refractivity contribution in [2.45, 2.75) is 16.7 Å². The van der Waals surface area contributed by atoms with Crippen LogP contribution < -0.4 is 9.44 Å². The van der Waals surface area contributed by atoms with Gasteiger partial charge in [-0.1, -0.05) is 23.2 Å². The smallest absolute Gasteiger partial charge is 0.180 e. The number of hydrogen-bond donors (Lipinski definition) is 3. The summed E-state index contributed by atoms with van der Waals surface area (Å²) in [5.74, 6) is 0.214. The molecule has 4 rings (SSSR count). The van der Waals surface area contributed by atoms with Crippen LogP contribution in [0.2, 0.25) is 10.0 Å². The molecule has 1 aromatic heterocycles. The molecule has 6 nitrogen and oxygen atoms in total. The van der Waals surface area contributed by atoms with Gasteiger partial charge in [0.25, 0.3) is 0 Å². The topological polar surface area (TPSA) is 78.5 Å². The lowest BCUT2D eigenvalue weighted by Crippen LogP contribution is -1.95. The minimum Gasteiger partial charge on any atom is -0.326 e. The molecule has 0 spiro atoms. The van der Waals surface area contributed by atoms with Gasteiger partial charge in [0.2, 0.25) is 0 Å². The second-order valence-corrected chi connectivity index (χ2v) is 10.0. The van der Waals surface area contributed by atoms with Gasteiger partial charge in [0.1, 0.15) is 5.82 Å². The summed E-state index contributed by atoms with van der Waals surface area (Å²) in [7, 11) is 0. The summed E-state index contributed by atoms with van der Waals surface area (Å²) in [6.45, 7) is 1.84. The average Bonchev–Trinajstić information content (AvgIpc) is 3.28. The van der Waals surface area contributed by atoms with Crippen LogP contribution in [0.25, 0.3) is 11.4 Å². The lowest BCUT2D eigenvalue weighted by molar-refractivity contribution is 0.620. The first-order valence-electron chi connectivity index (χ1n) is 9.04. The van der Waals surface area contributed by atoms with Gasteiger partial charge in [-0.3, -0.25) is 0 Å². The number of nitrogens with zero attached hydrogens (tertiary/aromatic N) is 3. The van der Waals surface area contributed by atoms with Gasteiger partial charge in [-0.25, -0.2) is 9.49 Å². The Bertz CT molecular complexity index is 1240. The van der Waals surface area contributed by atoms with Crippen molar-refractivity contribution in [3.63, 3.8) is 0 Å². The fourth-order valence-corrected chi connectivity index (χ4v) is 5.29. The summed E-state index contributed by atoms with van der Waals surface area (Å²) in [5.41, 5.74) is 3.21. The third-order valence-electron chi connectivity index (χ3n) is 4.24. The van der Waals surface area contributed by atoms with Crippen LogP contribution in [-0.4, -0.2) is 20.6 Å². The van der Waals surface area contributed by atoms with Crippen LogP contribution in [0, 0.1) is 12.7 Å². The van der Waals surface area contributed by atoms with Crippen LogP contribution in [0.5, 0.6) is 0 Å². The Morgan fingerprint density at radius 3 is 2.50 bits per heavy atom. The van der Waals surface area contributed by atoms with E-state index in [0.29, 0.717) is 20.3 Å². The van der Waals surface area contributed by atoms with E-state index in [9.17, 15) is 4.39 Å². The molecule has 0 radical (unpaired) electrons. The van der Waals surface area contributed by atoms with Crippen molar-refractivity contribution in [3.05, 3.63) is 74.4 Å². The Morgan fingerprint density at radius 2 is 1.78 bits per heavy atom. The highest BCUT2D eigenvalue weighted by molar-refractivity contribution is 9.10. The number of hydrogen-bond acceptors (Lipinski definition) is 7. The first-order valence-corrected chi connectivity index (χ1v) is 12.2. The number of H-pyrrole nitrogens is 1. The highest BCUT2D eigenvalue weighted by atomic mass is 79.9. The van der Waals surface area contributed by atoms with E-state index in [-0.39, 0.29) is 5.82 Å². The van der Waals surface area contributed by atoms with Gasteiger partial charge in [-0.2, -0.15) is 0 Å². The van der Waals surface area contributed by atoms with E-state index in [2.05, 4.69) is 46.0 Å². The van der Waals surface area contributed by atoms with Crippen molar-refractivity contribution in [1.29, 1.82) is 0 Å². The van der Waals surface area contributed by atoms with Gasteiger partial charge < -0.3 is 9.44 Å². The molecular weight excluding hydrogens is 558 g/mol. The summed E-state index contributed by atoms with van der Waals surface area (Å²) in [5, 5.41) is 15.3. The van der Waals surface area contributed by atoms with Crippen LogP contribution in [0.1, 0.15) is 5.56 Å². The molecular formula is C20H14BrCl2FN6S2. The van der Waals surface area contributed by atoms with Crippen molar-refractivity contribution in [1.82, 2.24) is 20.6 Å². The van der Waals surface area contributed by atoms with E-state index in [1.807, 2.05) is 37.3 Å². The molecule has 12 heteroatoms.